The number of carbonyl (C=O) groups is 1. The van der Waals surface area contributed by atoms with E-state index in [0.717, 1.165) is 17.4 Å². The standard InChI is InChI=1S/C14H18BrNO2.ClH/c1-14(2,3)18-13(17)16-7-6-10-4-5-12(15)8-11(10)9-16;/h4-5,8H,6-7,9H2,1-3H3;1H. The van der Waals surface area contributed by atoms with E-state index in [9.17, 15) is 4.79 Å². The fourth-order valence-electron chi connectivity index (χ4n) is 2.01. The van der Waals surface area contributed by atoms with Crippen LogP contribution in [0.1, 0.15) is 31.9 Å². The summed E-state index contributed by atoms with van der Waals surface area (Å²) in [6, 6.07) is 6.24. The minimum Gasteiger partial charge on any atom is -0.444 e. The second-order valence-electron chi connectivity index (χ2n) is 5.56. The molecule has 0 N–H and O–H groups in total. The molecule has 0 aromatic heterocycles. The maximum absolute atomic E-state index is 12.0. The van der Waals surface area contributed by atoms with Gasteiger partial charge in [-0.25, -0.2) is 4.79 Å². The van der Waals surface area contributed by atoms with Gasteiger partial charge in [-0.1, -0.05) is 22.0 Å². The van der Waals surface area contributed by atoms with Crippen LogP contribution < -0.4 is 0 Å². The maximum atomic E-state index is 12.0. The van der Waals surface area contributed by atoms with Crippen molar-refractivity contribution in [3.63, 3.8) is 0 Å². The van der Waals surface area contributed by atoms with Crippen molar-refractivity contribution >= 4 is 34.4 Å². The molecule has 0 fully saturated rings. The van der Waals surface area contributed by atoms with Crippen molar-refractivity contribution < 1.29 is 9.53 Å². The average molecular weight is 349 g/mol. The molecule has 0 radical (unpaired) electrons. The Morgan fingerprint density at radius 2 is 2.00 bits per heavy atom. The molecule has 0 spiro atoms. The van der Waals surface area contributed by atoms with Crippen LogP contribution >= 0.6 is 28.3 Å². The van der Waals surface area contributed by atoms with Crippen molar-refractivity contribution in [3.8, 4) is 0 Å². The molecule has 3 nitrogen and oxygen atoms in total. The monoisotopic (exact) mass is 347 g/mol. The van der Waals surface area contributed by atoms with Crippen LogP contribution in [0, 0.1) is 0 Å². The molecule has 1 aromatic rings. The molecule has 0 saturated heterocycles. The quantitative estimate of drug-likeness (QED) is 0.704. The van der Waals surface area contributed by atoms with E-state index in [1.165, 1.54) is 11.1 Å². The highest BCUT2D eigenvalue weighted by molar-refractivity contribution is 9.10. The Morgan fingerprint density at radius 3 is 2.63 bits per heavy atom. The van der Waals surface area contributed by atoms with Gasteiger partial charge in [-0.05, 0) is 50.5 Å². The highest BCUT2D eigenvalue weighted by Gasteiger charge is 2.25. The molecule has 19 heavy (non-hydrogen) atoms. The number of fused-ring (bicyclic) bond motifs is 1. The van der Waals surface area contributed by atoms with Crippen molar-refractivity contribution in [2.75, 3.05) is 6.54 Å². The largest absolute Gasteiger partial charge is 0.444 e. The first-order valence-electron chi connectivity index (χ1n) is 6.10. The SMILES string of the molecule is CC(C)(C)OC(=O)N1CCc2ccc(Br)cc2C1.Cl. The summed E-state index contributed by atoms with van der Waals surface area (Å²) in [7, 11) is 0. The van der Waals surface area contributed by atoms with Gasteiger partial charge in [0.1, 0.15) is 5.60 Å². The van der Waals surface area contributed by atoms with E-state index in [2.05, 4.69) is 28.1 Å². The number of benzene rings is 1. The minimum atomic E-state index is -0.436. The average Bonchev–Trinajstić information content (AvgIpc) is 2.25. The number of amides is 1. The van der Waals surface area contributed by atoms with E-state index >= 15 is 0 Å². The molecule has 0 atom stereocenters. The van der Waals surface area contributed by atoms with Crippen LogP contribution in [0.2, 0.25) is 0 Å². The van der Waals surface area contributed by atoms with E-state index < -0.39 is 5.60 Å². The van der Waals surface area contributed by atoms with Crippen LogP contribution in [0.3, 0.4) is 0 Å². The van der Waals surface area contributed by atoms with Crippen LogP contribution in [-0.4, -0.2) is 23.1 Å². The van der Waals surface area contributed by atoms with Gasteiger partial charge in [0.05, 0.1) is 0 Å². The fourth-order valence-corrected chi connectivity index (χ4v) is 2.42. The zero-order chi connectivity index (χ0) is 13.3. The van der Waals surface area contributed by atoms with Crippen LogP contribution in [-0.2, 0) is 17.7 Å². The highest BCUT2D eigenvalue weighted by atomic mass is 79.9. The van der Waals surface area contributed by atoms with Crippen molar-refractivity contribution in [3.05, 3.63) is 33.8 Å². The third kappa shape index (κ3) is 4.39. The molecular weight excluding hydrogens is 330 g/mol. The molecule has 0 aliphatic carbocycles. The van der Waals surface area contributed by atoms with Crippen LogP contribution in [0.25, 0.3) is 0 Å². The predicted octanol–water partition coefficient (Wildman–Crippen LogP) is 4.16. The summed E-state index contributed by atoms with van der Waals surface area (Å²) in [6.45, 7) is 7.02. The number of nitrogens with zero attached hydrogens (tertiary/aromatic N) is 1. The molecule has 1 amide bonds. The summed E-state index contributed by atoms with van der Waals surface area (Å²) < 4.78 is 6.45. The molecule has 1 heterocycles. The summed E-state index contributed by atoms with van der Waals surface area (Å²) >= 11 is 3.46. The zero-order valence-corrected chi connectivity index (χ0v) is 13.8. The zero-order valence-electron chi connectivity index (χ0n) is 11.4. The number of hydrogen-bond acceptors (Lipinski definition) is 2. The Balaban J connectivity index is 0.00000180. The highest BCUT2D eigenvalue weighted by Crippen LogP contribution is 2.24. The van der Waals surface area contributed by atoms with E-state index in [1.807, 2.05) is 26.8 Å². The molecule has 5 heteroatoms. The second-order valence-corrected chi connectivity index (χ2v) is 6.48. The van der Waals surface area contributed by atoms with Crippen LogP contribution in [0.4, 0.5) is 4.79 Å². The fraction of sp³-hybridized carbons (Fsp3) is 0.500. The minimum absolute atomic E-state index is 0. The summed E-state index contributed by atoms with van der Waals surface area (Å²) in [6.07, 6.45) is 0.662. The molecule has 106 valence electrons. The first-order chi connectivity index (χ1) is 8.35. The number of ether oxygens (including phenoxy) is 1. The Morgan fingerprint density at radius 1 is 1.32 bits per heavy atom. The van der Waals surface area contributed by atoms with Crippen molar-refractivity contribution in [2.24, 2.45) is 0 Å². The first-order valence-corrected chi connectivity index (χ1v) is 6.90. The normalized spacial score (nSPS) is 14.4. The number of hydrogen-bond donors (Lipinski definition) is 0. The molecule has 0 unspecified atom stereocenters. The van der Waals surface area contributed by atoms with Crippen molar-refractivity contribution in [1.29, 1.82) is 0 Å². The molecule has 1 aliphatic rings. The third-order valence-corrected chi connectivity index (χ3v) is 3.33. The van der Waals surface area contributed by atoms with Gasteiger partial charge in [0.25, 0.3) is 0 Å². The van der Waals surface area contributed by atoms with E-state index in [4.69, 9.17) is 4.74 Å². The van der Waals surface area contributed by atoms with E-state index in [0.29, 0.717) is 6.54 Å². The topological polar surface area (TPSA) is 29.5 Å². The Hall–Kier alpha value is -0.740. The lowest BCUT2D eigenvalue weighted by Crippen LogP contribution is -2.39. The van der Waals surface area contributed by atoms with Crippen LogP contribution in [0.15, 0.2) is 22.7 Å². The smallest absolute Gasteiger partial charge is 0.410 e. The summed E-state index contributed by atoms with van der Waals surface area (Å²) in [5.74, 6) is 0. The van der Waals surface area contributed by atoms with Gasteiger partial charge in [0.2, 0.25) is 0 Å². The lowest BCUT2D eigenvalue weighted by atomic mass is 10.0. The second kappa shape index (κ2) is 6.14. The number of rotatable bonds is 0. The lowest BCUT2D eigenvalue weighted by molar-refractivity contribution is 0.0224. The molecule has 0 bridgehead atoms. The first kappa shape index (κ1) is 16.3. The van der Waals surface area contributed by atoms with Crippen molar-refractivity contribution in [2.45, 2.75) is 39.3 Å². The molecule has 0 saturated carbocycles. The van der Waals surface area contributed by atoms with Gasteiger partial charge < -0.3 is 9.64 Å². The Labute approximate surface area is 128 Å². The Bertz CT molecular complexity index is 471. The number of halogens is 2. The molecule has 1 aromatic carbocycles. The molecular formula is C14H19BrClNO2. The van der Waals surface area contributed by atoms with E-state index in [1.54, 1.807) is 4.90 Å². The van der Waals surface area contributed by atoms with Crippen molar-refractivity contribution in [1.82, 2.24) is 4.90 Å². The van der Waals surface area contributed by atoms with Gasteiger partial charge in [-0.2, -0.15) is 0 Å². The third-order valence-electron chi connectivity index (χ3n) is 2.83. The summed E-state index contributed by atoms with van der Waals surface area (Å²) in [5, 5.41) is 0. The Kier molecular flexibility index (Phi) is 5.27. The van der Waals surface area contributed by atoms with Crippen LogP contribution in [0.5, 0.6) is 0 Å². The number of carbonyl (C=O) groups excluding carboxylic acids is 1. The van der Waals surface area contributed by atoms with Gasteiger partial charge in [0, 0.05) is 17.6 Å². The van der Waals surface area contributed by atoms with E-state index in [-0.39, 0.29) is 18.5 Å². The lowest BCUT2D eigenvalue weighted by Gasteiger charge is -2.31. The maximum Gasteiger partial charge on any atom is 0.410 e. The van der Waals surface area contributed by atoms with Gasteiger partial charge in [0.15, 0.2) is 0 Å². The van der Waals surface area contributed by atoms with Gasteiger partial charge in [-0.3, -0.25) is 0 Å². The molecule has 2 rings (SSSR count). The summed E-state index contributed by atoms with van der Waals surface area (Å²) in [5.41, 5.74) is 2.08. The molecule has 1 aliphatic heterocycles. The summed E-state index contributed by atoms with van der Waals surface area (Å²) in [4.78, 5) is 13.8. The van der Waals surface area contributed by atoms with Gasteiger partial charge >= 0.3 is 6.09 Å². The predicted molar refractivity (Wildman–Crippen MR) is 81.7 cm³/mol. The van der Waals surface area contributed by atoms with Gasteiger partial charge in [-0.15, -0.1) is 12.4 Å².